The number of hydrogen-bond donors (Lipinski definition) is 0. The number of rotatable bonds is 0. The maximum absolute atomic E-state index is 8.51. The van der Waals surface area contributed by atoms with Gasteiger partial charge < -0.3 is 4.42 Å². The summed E-state index contributed by atoms with van der Waals surface area (Å²) in [6, 6.07) is 7.07. The molecule has 3 nitrogen and oxygen atoms in total. The van der Waals surface area contributed by atoms with E-state index in [1.165, 1.54) is 0 Å². The number of nitriles is 1. The third-order valence-corrected chi connectivity index (χ3v) is 1.41. The molecule has 1 aromatic heterocycles. The maximum Gasteiger partial charge on any atom is 0.284 e. The molecule has 0 saturated heterocycles. The smallest absolute Gasteiger partial charge is 0.284 e. The molecule has 0 fully saturated rings. The van der Waals surface area contributed by atoms with E-state index in [1.807, 2.05) is 6.07 Å². The predicted molar refractivity (Wildman–Crippen MR) is 37.6 cm³/mol. The van der Waals surface area contributed by atoms with Crippen molar-refractivity contribution in [1.29, 1.82) is 5.26 Å². The largest absolute Gasteiger partial charge is 0.432 e. The lowest BCUT2D eigenvalue weighted by Gasteiger charge is -1.85. The molecule has 2 rings (SSSR count). The van der Waals surface area contributed by atoms with Crippen LogP contribution in [0.1, 0.15) is 5.56 Å². The topological polar surface area (TPSA) is 49.8 Å². The SMILES string of the molecule is N#Cc1ccc2n[c]oc2c1. The predicted octanol–water partition coefficient (Wildman–Crippen LogP) is 1.50. The van der Waals surface area contributed by atoms with Crippen molar-refractivity contribution in [2.75, 3.05) is 0 Å². The first-order valence-corrected chi connectivity index (χ1v) is 3.07. The summed E-state index contributed by atoms with van der Waals surface area (Å²) in [5, 5.41) is 8.51. The van der Waals surface area contributed by atoms with Gasteiger partial charge in [0.05, 0.1) is 11.6 Å². The Labute approximate surface area is 62.9 Å². The Morgan fingerprint density at radius 3 is 3.27 bits per heavy atom. The Morgan fingerprint density at radius 1 is 1.55 bits per heavy atom. The zero-order valence-corrected chi connectivity index (χ0v) is 5.53. The summed E-state index contributed by atoms with van der Waals surface area (Å²) in [4.78, 5) is 3.79. The fourth-order valence-corrected chi connectivity index (χ4v) is 0.879. The van der Waals surface area contributed by atoms with Crippen molar-refractivity contribution in [2.45, 2.75) is 0 Å². The number of oxazole rings is 1. The summed E-state index contributed by atoms with van der Waals surface area (Å²) >= 11 is 0. The molecule has 1 heterocycles. The van der Waals surface area contributed by atoms with E-state index in [2.05, 4.69) is 11.4 Å². The molecule has 0 spiro atoms. The second kappa shape index (κ2) is 2.10. The first kappa shape index (κ1) is 5.93. The molecule has 0 saturated carbocycles. The van der Waals surface area contributed by atoms with Crippen LogP contribution in [0.25, 0.3) is 11.1 Å². The van der Waals surface area contributed by atoms with Crippen LogP contribution in [0.3, 0.4) is 0 Å². The molecule has 0 N–H and O–H groups in total. The van der Waals surface area contributed by atoms with E-state index < -0.39 is 0 Å². The molecular weight excluding hydrogens is 140 g/mol. The molecule has 0 aliphatic rings. The lowest BCUT2D eigenvalue weighted by atomic mass is 10.2. The van der Waals surface area contributed by atoms with Gasteiger partial charge in [-0.3, -0.25) is 0 Å². The van der Waals surface area contributed by atoms with Crippen molar-refractivity contribution in [3.05, 3.63) is 30.2 Å². The highest BCUT2D eigenvalue weighted by molar-refractivity contribution is 5.73. The highest BCUT2D eigenvalue weighted by atomic mass is 16.3. The molecule has 2 aromatic rings. The molecule has 11 heavy (non-hydrogen) atoms. The van der Waals surface area contributed by atoms with Crippen LogP contribution in [0, 0.1) is 17.7 Å². The van der Waals surface area contributed by atoms with E-state index in [0.29, 0.717) is 11.1 Å². The second-order valence-electron chi connectivity index (χ2n) is 2.10. The average Bonchev–Trinajstić information content (AvgIpc) is 2.50. The van der Waals surface area contributed by atoms with Crippen LogP contribution < -0.4 is 0 Å². The Bertz CT molecular complexity index is 425. The van der Waals surface area contributed by atoms with Crippen LogP contribution >= 0.6 is 0 Å². The Kier molecular flexibility index (Phi) is 1.13. The number of nitrogens with zero attached hydrogens (tertiary/aromatic N) is 2. The minimum Gasteiger partial charge on any atom is -0.432 e. The van der Waals surface area contributed by atoms with Crippen molar-refractivity contribution < 1.29 is 4.42 Å². The molecule has 0 aliphatic carbocycles. The lowest BCUT2D eigenvalue weighted by molar-refractivity contribution is 0.591. The van der Waals surface area contributed by atoms with Gasteiger partial charge in [0.2, 0.25) is 0 Å². The van der Waals surface area contributed by atoms with Crippen molar-refractivity contribution in [2.24, 2.45) is 0 Å². The number of benzene rings is 1. The molecule has 0 aliphatic heterocycles. The Morgan fingerprint density at radius 2 is 2.45 bits per heavy atom. The number of aromatic nitrogens is 1. The van der Waals surface area contributed by atoms with Gasteiger partial charge in [-0.05, 0) is 12.1 Å². The molecule has 0 atom stereocenters. The third kappa shape index (κ3) is 0.849. The molecule has 0 amide bonds. The molecule has 51 valence electrons. The van der Waals surface area contributed by atoms with Crippen LogP contribution in [0.2, 0.25) is 0 Å². The fourth-order valence-electron chi connectivity index (χ4n) is 0.879. The molecule has 1 aromatic carbocycles. The Hall–Kier alpha value is -1.82. The third-order valence-electron chi connectivity index (χ3n) is 1.41. The van der Waals surface area contributed by atoms with Gasteiger partial charge in [0.15, 0.2) is 5.58 Å². The van der Waals surface area contributed by atoms with Crippen LogP contribution in [-0.4, -0.2) is 4.98 Å². The minimum atomic E-state index is 0.572. The molecular formula is C8H3N2O. The van der Waals surface area contributed by atoms with Gasteiger partial charge in [0.25, 0.3) is 6.39 Å². The molecule has 3 heteroatoms. The molecule has 0 unspecified atom stereocenters. The zero-order valence-electron chi connectivity index (χ0n) is 5.53. The van der Waals surface area contributed by atoms with Crippen LogP contribution in [0.5, 0.6) is 0 Å². The van der Waals surface area contributed by atoms with Gasteiger partial charge in [-0.1, -0.05) is 0 Å². The summed E-state index contributed by atoms with van der Waals surface area (Å²) < 4.78 is 4.87. The summed E-state index contributed by atoms with van der Waals surface area (Å²) in [5.41, 5.74) is 1.90. The number of hydrogen-bond acceptors (Lipinski definition) is 3. The first-order chi connectivity index (χ1) is 5.40. The van der Waals surface area contributed by atoms with Crippen molar-refractivity contribution in [1.82, 2.24) is 4.98 Å². The van der Waals surface area contributed by atoms with Crippen molar-refractivity contribution in [3.8, 4) is 6.07 Å². The molecule has 1 radical (unpaired) electrons. The van der Waals surface area contributed by atoms with Crippen molar-refractivity contribution in [3.63, 3.8) is 0 Å². The second-order valence-corrected chi connectivity index (χ2v) is 2.10. The van der Waals surface area contributed by atoms with E-state index in [4.69, 9.17) is 9.68 Å². The van der Waals surface area contributed by atoms with E-state index in [0.717, 1.165) is 5.52 Å². The van der Waals surface area contributed by atoms with E-state index in [9.17, 15) is 0 Å². The van der Waals surface area contributed by atoms with Gasteiger partial charge in [-0.2, -0.15) is 5.26 Å². The summed E-state index contributed by atoms with van der Waals surface area (Å²) in [7, 11) is 0. The van der Waals surface area contributed by atoms with Crippen molar-refractivity contribution >= 4 is 11.1 Å². The highest BCUT2D eigenvalue weighted by Gasteiger charge is 1.98. The summed E-state index contributed by atoms with van der Waals surface area (Å²) in [5.74, 6) is 0. The minimum absolute atomic E-state index is 0.572. The van der Waals surface area contributed by atoms with Crippen LogP contribution in [-0.2, 0) is 0 Å². The van der Waals surface area contributed by atoms with Crippen LogP contribution in [0.15, 0.2) is 22.6 Å². The lowest BCUT2D eigenvalue weighted by Crippen LogP contribution is -1.72. The van der Waals surface area contributed by atoms with Gasteiger partial charge >= 0.3 is 0 Å². The molecule has 0 bridgehead atoms. The highest BCUT2D eigenvalue weighted by Crippen LogP contribution is 2.12. The van der Waals surface area contributed by atoms with Gasteiger partial charge in [-0.15, -0.1) is 0 Å². The van der Waals surface area contributed by atoms with Gasteiger partial charge in [-0.25, -0.2) is 4.98 Å². The zero-order chi connectivity index (χ0) is 7.68. The van der Waals surface area contributed by atoms with E-state index in [-0.39, 0.29) is 0 Å². The first-order valence-electron chi connectivity index (χ1n) is 3.07. The summed E-state index contributed by atoms with van der Waals surface area (Å²) in [6.45, 7) is 0. The average molecular weight is 143 g/mol. The van der Waals surface area contributed by atoms with E-state index in [1.54, 1.807) is 18.2 Å². The standard InChI is InChI=1S/C8H3N2O/c9-4-6-1-2-7-8(3-6)11-5-10-7/h1-3H. The Balaban J connectivity index is 2.79. The van der Waals surface area contributed by atoms with Gasteiger partial charge in [0.1, 0.15) is 5.52 Å². The number of fused-ring (bicyclic) bond motifs is 1. The fraction of sp³-hybridized carbons (Fsp3) is 0. The van der Waals surface area contributed by atoms with Gasteiger partial charge in [0, 0.05) is 6.07 Å². The quantitative estimate of drug-likeness (QED) is 0.561. The summed E-state index contributed by atoms with van der Waals surface area (Å²) in [6.07, 6.45) is 2.35. The van der Waals surface area contributed by atoms with E-state index >= 15 is 0 Å². The monoisotopic (exact) mass is 143 g/mol. The van der Waals surface area contributed by atoms with Crippen LogP contribution in [0.4, 0.5) is 0 Å². The maximum atomic E-state index is 8.51. The normalized spacial score (nSPS) is 9.73.